The van der Waals surface area contributed by atoms with Crippen molar-refractivity contribution < 1.29 is 0 Å². The second-order valence-corrected chi connectivity index (χ2v) is 10.5. The third kappa shape index (κ3) is 6.00. The highest BCUT2D eigenvalue weighted by atomic mass is 14.4. The predicted molar refractivity (Wildman–Crippen MR) is 115 cm³/mol. The third-order valence-corrected chi connectivity index (χ3v) is 8.78. The van der Waals surface area contributed by atoms with Crippen LogP contribution in [0.15, 0.2) is 0 Å². The normalized spacial score (nSPS) is 39.0. The van der Waals surface area contributed by atoms with Crippen LogP contribution in [0.2, 0.25) is 0 Å². The Morgan fingerprint density at radius 1 is 0.500 bits per heavy atom. The summed E-state index contributed by atoms with van der Waals surface area (Å²) in [6.07, 6.45) is 27.7. The second-order valence-electron chi connectivity index (χ2n) is 10.5. The molecule has 0 amide bonds. The molecule has 3 aliphatic carbocycles. The first-order chi connectivity index (χ1) is 12.8. The van der Waals surface area contributed by atoms with Crippen LogP contribution in [-0.2, 0) is 0 Å². The molecule has 3 rings (SSSR count). The largest absolute Gasteiger partial charge is 0.0654 e. The van der Waals surface area contributed by atoms with Gasteiger partial charge in [0.2, 0.25) is 0 Å². The van der Waals surface area contributed by atoms with E-state index in [9.17, 15) is 0 Å². The summed E-state index contributed by atoms with van der Waals surface area (Å²) in [7, 11) is 0. The summed E-state index contributed by atoms with van der Waals surface area (Å²) < 4.78 is 0. The van der Waals surface area contributed by atoms with E-state index < -0.39 is 0 Å². The maximum absolute atomic E-state index is 2.37. The summed E-state index contributed by atoms with van der Waals surface area (Å²) in [5.41, 5.74) is 0. The topological polar surface area (TPSA) is 0 Å². The summed E-state index contributed by atoms with van der Waals surface area (Å²) >= 11 is 0. The molecule has 0 spiro atoms. The molecule has 0 N–H and O–H groups in total. The smallest absolute Gasteiger partial charge is 0.0383 e. The summed E-state index contributed by atoms with van der Waals surface area (Å²) in [4.78, 5) is 0. The van der Waals surface area contributed by atoms with Crippen molar-refractivity contribution >= 4 is 0 Å². The number of rotatable bonds is 8. The van der Waals surface area contributed by atoms with Gasteiger partial charge in [0.25, 0.3) is 0 Å². The fourth-order valence-electron chi connectivity index (χ4n) is 7.15. The predicted octanol–water partition coefficient (Wildman–Crippen LogP) is 8.79. The summed E-state index contributed by atoms with van der Waals surface area (Å²) in [6, 6.07) is 0. The Labute approximate surface area is 165 Å². The SMILES string of the molecule is CCCCC[C@H]1CCC[C@@H](C2CCC(C3CCC(CCC)CC3)CC2)C1. The zero-order valence-corrected chi connectivity index (χ0v) is 18.2. The van der Waals surface area contributed by atoms with E-state index in [-0.39, 0.29) is 0 Å². The van der Waals surface area contributed by atoms with Gasteiger partial charge in [0.1, 0.15) is 0 Å². The van der Waals surface area contributed by atoms with Crippen LogP contribution < -0.4 is 0 Å². The fourth-order valence-corrected chi connectivity index (χ4v) is 7.15. The van der Waals surface area contributed by atoms with Crippen molar-refractivity contribution in [2.24, 2.45) is 35.5 Å². The van der Waals surface area contributed by atoms with E-state index >= 15 is 0 Å². The molecule has 3 saturated carbocycles. The van der Waals surface area contributed by atoms with E-state index in [1.54, 1.807) is 83.5 Å². The van der Waals surface area contributed by atoms with Crippen molar-refractivity contribution in [3.63, 3.8) is 0 Å². The molecule has 0 aromatic rings. The third-order valence-electron chi connectivity index (χ3n) is 8.78. The Bertz CT molecular complexity index is 356. The van der Waals surface area contributed by atoms with Gasteiger partial charge >= 0.3 is 0 Å². The molecule has 0 aliphatic heterocycles. The quantitative estimate of drug-likeness (QED) is 0.379. The van der Waals surface area contributed by atoms with Gasteiger partial charge in [-0.15, -0.1) is 0 Å². The molecule has 0 radical (unpaired) electrons. The van der Waals surface area contributed by atoms with Gasteiger partial charge in [0, 0.05) is 0 Å². The van der Waals surface area contributed by atoms with Gasteiger partial charge in [0.15, 0.2) is 0 Å². The summed E-state index contributed by atoms with van der Waals surface area (Å²) in [5, 5.41) is 0. The maximum atomic E-state index is 2.37. The van der Waals surface area contributed by atoms with E-state index in [4.69, 9.17) is 0 Å². The molecule has 0 bridgehead atoms. The van der Waals surface area contributed by atoms with Crippen LogP contribution in [0, 0.1) is 35.5 Å². The van der Waals surface area contributed by atoms with Crippen LogP contribution in [0.1, 0.15) is 129 Å². The van der Waals surface area contributed by atoms with Crippen LogP contribution in [-0.4, -0.2) is 0 Å². The van der Waals surface area contributed by atoms with Gasteiger partial charge in [-0.2, -0.15) is 0 Å². The second kappa shape index (κ2) is 11.1. The lowest BCUT2D eigenvalue weighted by atomic mass is 9.64. The molecule has 0 saturated heterocycles. The highest BCUT2D eigenvalue weighted by molar-refractivity contribution is 4.86. The molecule has 0 heteroatoms. The first kappa shape index (κ1) is 20.7. The number of hydrogen-bond acceptors (Lipinski definition) is 0. The minimum absolute atomic E-state index is 1.08. The average molecular weight is 361 g/mol. The van der Waals surface area contributed by atoms with E-state index in [2.05, 4.69) is 13.8 Å². The number of unbranched alkanes of at least 4 members (excludes halogenated alkanes) is 2. The molecular weight excluding hydrogens is 312 g/mol. The van der Waals surface area contributed by atoms with E-state index in [1.165, 1.54) is 32.1 Å². The molecule has 0 aromatic heterocycles. The molecule has 3 fully saturated rings. The van der Waals surface area contributed by atoms with Crippen LogP contribution in [0.25, 0.3) is 0 Å². The Kier molecular flexibility index (Phi) is 8.86. The van der Waals surface area contributed by atoms with Gasteiger partial charge in [0.05, 0.1) is 0 Å². The van der Waals surface area contributed by atoms with Gasteiger partial charge in [-0.1, -0.05) is 84.5 Å². The lowest BCUT2D eigenvalue weighted by molar-refractivity contribution is 0.0982. The van der Waals surface area contributed by atoms with E-state index in [1.807, 2.05) is 0 Å². The Hall–Kier alpha value is 0. The Morgan fingerprint density at radius 2 is 1.12 bits per heavy atom. The first-order valence-electron chi connectivity index (χ1n) is 12.8. The molecule has 0 nitrogen and oxygen atoms in total. The summed E-state index contributed by atoms with van der Waals surface area (Å²) in [5.74, 6) is 6.61. The molecule has 26 heavy (non-hydrogen) atoms. The van der Waals surface area contributed by atoms with Gasteiger partial charge in [-0.3, -0.25) is 0 Å². The minimum Gasteiger partial charge on any atom is -0.0654 e. The molecular formula is C26H48. The van der Waals surface area contributed by atoms with Crippen LogP contribution in [0.3, 0.4) is 0 Å². The van der Waals surface area contributed by atoms with Crippen molar-refractivity contribution in [2.45, 2.75) is 129 Å². The zero-order chi connectivity index (χ0) is 18.2. The van der Waals surface area contributed by atoms with Crippen LogP contribution in [0.5, 0.6) is 0 Å². The lowest BCUT2D eigenvalue weighted by Gasteiger charge is -2.41. The van der Waals surface area contributed by atoms with Crippen LogP contribution in [0.4, 0.5) is 0 Å². The van der Waals surface area contributed by atoms with Crippen molar-refractivity contribution in [2.75, 3.05) is 0 Å². The number of hydrogen-bond donors (Lipinski definition) is 0. The maximum Gasteiger partial charge on any atom is -0.0383 e. The first-order valence-corrected chi connectivity index (χ1v) is 12.8. The lowest BCUT2D eigenvalue weighted by Crippen LogP contribution is -2.30. The van der Waals surface area contributed by atoms with Crippen molar-refractivity contribution in [1.82, 2.24) is 0 Å². The van der Waals surface area contributed by atoms with E-state index in [0.29, 0.717) is 0 Å². The molecule has 152 valence electrons. The molecule has 0 heterocycles. The van der Waals surface area contributed by atoms with E-state index in [0.717, 1.165) is 35.5 Å². The van der Waals surface area contributed by atoms with Gasteiger partial charge in [-0.25, -0.2) is 0 Å². The highest BCUT2D eigenvalue weighted by Gasteiger charge is 2.34. The fraction of sp³-hybridized carbons (Fsp3) is 1.00. The minimum atomic E-state index is 1.08. The highest BCUT2D eigenvalue weighted by Crippen LogP contribution is 2.46. The van der Waals surface area contributed by atoms with Gasteiger partial charge < -0.3 is 0 Å². The van der Waals surface area contributed by atoms with Crippen LogP contribution >= 0.6 is 0 Å². The Morgan fingerprint density at radius 3 is 1.73 bits per heavy atom. The summed E-state index contributed by atoms with van der Waals surface area (Å²) in [6.45, 7) is 4.71. The standard InChI is InChI=1S/C26H48/c1-3-5-6-9-22-10-7-11-26(20-22)25-18-16-24(17-19-25)23-14-12-21(8-4-2)13-15-23/h21-26H,3-20H2,1-2H3/t21?,22-,23?,24?,25?,26+/m0/s1. The van der Waals surface area contributed by atoms with Crippen molar-refractivity contribution in [1.29, 1.82) is 0 Å². The van der Waals surface area contributed by atoms with Crippen molar-refractivity contribution in [3.05, 3.63) is 0 Å². The molecule has 0 unspecified atom stereocenters. The molecule has 2 atom stereocenters. The molecule has 0 aromatic carbocycles. The van der Waals surface area contributed by atoms with Crippen molar-refractivity contribution in [3.8, 4) is 0 Å². The average Bonchev–Trinajstić information content (AvgIpc) is 2.70. The monoisotopic (exact) mass is 360 g/mol. The zero-order valence-electron chi connectivity index (χ0n) is 18.2. The van der Waals surface area contributed by atoms with Gasteiger partial charge in [-0.05, 0) is 80.5 Å². The molecule has 3 aliphatic rings. The Balaban J connectivity index is 1.37.